The van der Waals surface area contributed by atoms with Crippen LogP contribution in [0.15, 0.2) is 18.5 Å². The van der Waals surface area contributed by atoms with E-state index < -0.39 is 0 Å². The standard InChI is InChI=1S/C14H22N4O2/c1-14(2,3)20-11-12(19)17-7-9-18(10-8-17)13-15-5-4-6-16-13/h4-6H,7-11H2,1-3H3. The molecule has 2 rings (SSSR count). The second kappa shape index (κ2) is 6.17. The number of anilines is 1. The Morgan fingerprint density at radius 3 is 2.35 bits per heavy atom. The van der Waals surface area contributed by atoms with Crippen LogP contribution >= 0.6 is 0 Å². The van der Waals surface area contributed by atoms with Crippen LogP contribution < -0.4 is 4.90 Å². The number of nitrogens with zero attached hydrogens (tertiary/aromatic N) is 4. The first-order valence-corrected chi connectivity index (χ1v) is 6.89. The molecule has 1 aromatic heterocycles. The van der Waals surface area contributed by atoms with Crippen molar-refractivity contribution >= 4 is 11.9 Å². The third-order valence-corrected chi connectivity index (χ3v) is 3.10. The van der Waals surface area contributed by atoms with Gasteiger partial charge in [-0.1, -0.05) is 0 Å². The van der Waals surface area contributed by atoms with Gasteiger partial charge in [-0.25, -0.2) is 9.97 Å². The highest BCUT2D eigenvalue weighted by atomic mass is 16.5. The summed E-state index contributed by atoms with van der Waals surface area (Å²) in [5, 5.41) is 0. The van der Waals surface area contributed by atoms with Crippen molar-refractivity contribution in [3.05, 3.63) is 18.5 Å². The van der Waals surface area contributed by atoms with Crippen LogP contribution in [-0.2, 0) is 9.53 Å². The monoisotopic (exact) mass is 278 g/mol. The van der Waals surface area contributed by atoms with Gasteiger partial charge >= 0.3 is 0 Å². The Bertz CT molecular complexity index is 436. The molecule has 6 heteroatoms. The first kappa shape index (κ1) is 14.7. The Hall–Kier alpha value is -1.69. The zero-order valence-electron chi connectivity index (χ0n) is 12.4. The molecule has 1 saturated heterocycles. The first-order valence-electron chi connectivity index (χ1n) is 6.89. The fourth-order valence-electron chi connectivity index (χ4n) is 1.98. The topological polar surface area (TPSA) is 58.6 Å². The maximum Gasteiger partial charge on any atom is 0.248 e. The largest absolute Gasteiger partial charge is 0.366 e. The van der Waals surface area contributed by atoms with Gasteiger partial charge in [0.2, 0.25) is 11.9 Å². The molecule has 0 N–H and O–H groups in total. The number of piperazine rings is 1. The van der Waals surface area contributed by atoms with Gasteiger partial charge in [-0.2, -0.15) is 0 Å². The molecule has 0 radical (unpaired) electrons. The van der Waals surface area contributed by atoms with Crippen LogP contribution in [0.5, 0.6) is 0 Å². The molecule has 110 valence electrons. The fourth-order valence-corrected chi connectivity index (χ4v) is 1.98. The van der Waals surface area contributed by atoms with Crippen LogP contribution in [0.1, 0.15) is 20.8 Å². The lowest BCUT2D eigenvalue weighted by Crippen LogP contribution is -2.50. The van der Waals surface area contributed by atoms with Crippen molar-refractivity contribution in [1.82, 2.24) is 14.9 Å². The molecule has 0 aromatic carbocycles. The Morgan fingerprint density at radius 2 is 1.80 bits per heavy atom. The van der Waals surface area contributed by atoms with E-state index in [4.69, 9.17) is 4.74 Å². The summed E-state index contributed by atoms with van der Waals surface area (Å²) in [7, 11) is 0. The minimum atomic E-state index is -0.282. The molecule has 1 amide bonds. The van der Waals surface area contributed by atoms with E-state index in [1.54, 1.807) is 18.5 Å². The highest BCUT2D eigenvalue weighted by molar-refractivity contribution is 5.77. The number of rotatable bonds is 3. The van der Waals surface area contributed by atoms with E-state index in [0.29, 0.717) is 13.1 Å². The lowest BCUT2D eigenvalue weighted by Gasteiger charge is -2.35. The van der Waals surface area contributed by atoms with E-state index >= 15 is 0 Å². The highest BCUT2D eigenvalue weighted by Gasteiger charge is 2.23. The molecule has 1 aliphatic rings. The normalized spacial score (nSPS) is 16.4. The lowest BCUT2D eigenvalue weighted by molar-refractivity contribution is -0.141. The zero-order valence-corrected chi connectivity index (χ0v) is 12.4. The second-order valence-electron chi connectivity index (χ2n) is 5.82. The van der Waals surface area contributed by atoms with Crippen LogP contribution in [0.25, 0.3) is 0 Å². The van der Waals surface area contributed by atoms with Crippen LogP contribution in [0.2, 0.25) is 0 Å². The second-order valence-corrected chi connectivity index (χ2v) is 5.82. The number of carbonyl (C=O) groups excluding carboxylic acids is 1. The molecule has 6 nitrogen and oxygen atoms in total. The van der Waals surface area contributed by atoms with Gasteiger partial charge in [0, 0.05) is 38.6 Å². The van der Waals surface area contributed by atoms with Crippen molar-refractivity contribution in [2.24, 2.45) is 0 Å². The van der Waals surface area contributed by atoms with Crippen molar-refractivity contribution in [3.8, 4) is 0 Å². The van der Waals surface area contributed by atoms with Crippen molar-refractivity contribution in [3.63, 3.8) is 0 Å². The van der Waals surface area contributed by atoms with Crippen LogP contribution in [0, 0.1) is 0 Å². The van der Waals surface area contributed by atoms with E-state index in [1.807, 2.05) is 25.7 Å². The van der Waals surface area contributed by atoms with Gasteiger partial charge in [0.05, 0.1) is 5.60 Å². The smallest absolute Gasteiger partial charge is 0.248 e. The Balaban J connectivity index is 1.81. The minimum absolute atomic E-state index is 0.0496. The van der Waals surface area contributed by atoms with E-state index in [9.17, 15) is 4.79 Å². The summed E-state index contributed by atoms with van der Waals surface area (Å²) in [5.41, 5.74) is -0.282. The van der Waals surface area contributed by atoms with Gasteiger partial charge in [-0.05, 0) is 26.8 Å². The Kier molecular flexibility index (Phi) is 4.54. The molecule has 0 atom stereocenters. The van der Waals surface area contributed by atoms with Gasteiger partial charge < -0.3 is 14.5 Å². The molecule has 0 spiro atoms. The van der Waals surface area contributed by atoms with Crippen molar-refractivity contribution in [2.45, 2.75) is 26.4 Å². The summed E-state index contributed by atoms with van der Waals surface area (Å²) < 4.78 is 5.53. The lowest BCUT2D eigenvalue weighted by atomic mass is 10.2. The molecule has 1 fully saturated rings. The molecule has 0 unspecified atom stereocenters. The number of ether oxygens (including phenoxy) is 1. The molecular formula is C14H22N4O2. The summed E-state index contributed by atoms with van der Waals surface area (Å²) in [6, 6.07) is 1.80. The average molecular weight is 278 g/mol. The maximum atomic E-state index is 12.0. The molecule has 20 heavy (non-hydrogen) atoms. The van der Waals surface area contributed by atoms with Crippen molar-refractivity contribution in [2.75, 3.05) is 37.7 Å². The van der Waals surface area contributed by atoms with Crippen molar-refractivity contribution in [1.29, 1.82) is 0 Å². The minimum Gasteiger partial charge on any atom is -0.366 e. The van der Waals surface area contributed by atoms with Crippen LogP contribution in [0.3, 0.4) is 0 Å². The predicted molar refractivity (Wildman–Crippen MR) is 76.5 cm³/mol. The van der Waals surface area contributed by atoms with E-state index in [2.05, 4.69) is 14.9 Å². The molecule has 1 aliphatic heterocycles. The van der Waals surface area contributed by atoms with E-state index in [-0.39, 0.29) is 18.1 Å². The number of hydrogen-bond donors (Lipinski definition) is 0. The molecule has 0 bridgehead atoms. The summed E-state index contributed by atoms with van der Waals surface area (Å²) in [5.74, 6) is 0.777. The fraction of sp³-hybridized carbons (Fsp3) is 0.643. The maximum absolute atomic E-state index is 12.0. The van der Waals surface area contributed by atoms with Crippen LogP contribution in [0.4, 0.5) is 5.95 Å². The van der Waals surface area contributed by atoms with Gasteiger partial charge in [0.1, 0.15) is 6.61 Å². The number of amides is 1. The quantitative estimate of drug-likeness (QED) is 0.823. The molecule has 1 aromatic rings. The third kappa shape index (κ3) is 4.16. The van der Waals surface area contributed by atoms with Gasteiger partial charge in [0.25, 0.3) is 0 Å². The van der Waals surface area contributed by atoms with E-state index in [1.165, 1.54) is 0 Å². The van der Waals surface area contributed by atoms with Crippen LogP contribution in [-0.4, -0.2) is 59.2 Å². The van der Waals surface area contributed by atoms with E-state index in [0.717, 1.165) is 19.0 Å². The van der Waals surface area contributed by atoms with Gasteiger partial charge in [-0.15, -0.1) is 0 Å². The summed E-state index contributed by atoms with van der Waals surface area (Å²) in [6.45, 7) is 8.87. The molecule has 0 saturated carbocycles. The number of carbonyl (C=O) groups is 1. The number of hydrogen-bond acceptors (Lipinski definition) is 5. The Labute approximate surface area is 119 Å². The Morgan fingerprint density at radius 1 is 1.20 bits per heavy atom. The average Bonchev–Trinajstić information content (AvgIpc) is 2.45. The molecule has 0 aliphatic carbocycles. The molecule has 2 heterocycles. The summed E-state index contributed by atoms with van der Waals surface area (Å²) in [4.78, 5) is 24.4. The van der Waals surface area contributed by atoms with Gasteiger partial charge in [-0.3, -0.25) is 4.79 Å². The van der Waals surface area contributed by atoms with Gasteiger partial charge in [0.15, 0.2) is 0 Å². The third-order valence-electron chi connectivity index (χ3n) is 3.10. The SMILES string of the molecule is CC(C)(C)OCC(=O)N1CCN(c2ncccn2)CC1. The zero-order chi connectivity index (χ0) is 14.6. The van der Waals surface area contributed by atoms with Crippen molar-refractivity contribution < 1.29 is 9.53 Å². The first-order chi connectivity index (χ1) is 9.46. The predicted octanol–water partition coefficient (Wildman–Crippen LogP) is 0.940. The summed E-state index contributed by atoms with van der Waals surface area (Å²) in [6.07, 6.45) is 3.47. The highest BCUT2D eigenvalue weighted by Crippen LogP contribution is 2.11. The number of aromatic nitrogens is 2. The molecular weight excluding hydrogens is 256 g/mol. The summed E-state index contributed by atoms with van der Waals surface area (Å²) >= 11 is 0.